The van der Waals surface area contributed by atoms with Crippen LogP contribution in [-0.2, 0) is 19.0 Å². The molecule has 0 aromatic rings. The molecule has 1 saturated heterocycles. The van der Waals surface area contributed by atoms with E-state index in [-0.39, 0.29) is 5.57 Å². The number of aliphatic hydroxyl groups excluding tert-OH is 1. The van der Waals surface area contributed by atoms with Crippen LogP contribution in [0, 0.1) is 0 Å². The van der Waals surface area contributed by atoms with E-state index in [4.69, 9.17) is 9.47 Å². The lowest BCUT2D eigenvalue weighted by Gasteiger charge is -2.32. The average molecular weight is 260 g/mol. The molecular formula is C12H17FO5. The maximum Gasteiger partial charge on any atom is 0.336 e. The monoisotopic (exact) mass is 260 g/mol. The maximum atomic E-state index is 14.1. The summed E-state index contributed by atoms with van der Waals surface area (Å²) >= 11 is 0. The number of ether oxygens (including phenoxy) is 3. The number of hydrogen-bond acceptors (Lipinski definition) is 5. The summed E-state index contributed by atoms with van der Waals surface area (Å²) < 4.78 is 29.7. The molecule has 1 fully saturated rings. The molecule has 5 nitrogen and oxygen atoms in total. The number of carbonyl (C=O) groups is 1. The van der Waals surface area contributed by atoms with Crippen LogP contribution in [0.25, 0.3) is 0 Å². The third-order valence-electron chi connectivity index (χ3n) is 3.30. The normalized spacial score (nSPS) is 38.6. The van der Waals surface area contributed by atoms with Gasteiger partial charge >= 0.3 is 5.97 Å². The number of methoxy groups -OCH3 is 1. The Morgan fingerprint density at radius 2 is 2.06 bits per heavy atom. The van der Waals surface area contributed by atoms with E-state index >= 15 is 0 Å². The highest BCUT2D eigenvalue weighted by molar-refractivity contribution is 5.91. The Bertz CT molecular complexity index is 403. The summed E-state index contributed by atoms with van der Waals surface area (Å²) in [5.74, 6) is -1.70. The van der Waals surface area contributed by atoms with Crippen molar-refractivity contribution < 1.29 is 28.5 Å². The number of carbonyl (C=O) groups excluding carboxylic acids is 1. The van der Waals surface area contributed by atoms with Gasteiger partial charge in [-0.1, -0.05) is 0 Å². The summed E-state index contributed by atoms with van der Waals surface area (Å²) in [6.07, 6.45) is -4.69. The minimum atomic E-state index is -1.82. The van der Waals surface area contributed by atoms with Gasteiger partial charge in [-0.15, -0.1) is 0 Å². The van der Waals surface area contributed by atoms with Crippen LogP contribution in [0.3, 0.4) is 0 Å². The van der Waals surface area contributed by atoms with Gasteiger partial charge in [-0.05, 0) is 26.3 Å². The van der Waals surface area contributed by atoms with Crippen molar-refractivity contribution in [3.63, 3.8) is 0 Å². The van der Waals surface area contributed by atoms with Gasteiger partial charge in [0.25, 0.3) is 0 Å². The number of aliphatic hydroxyl groups is 1. The van der Waals surface area contributed by atoms with Gasteiger partial charge in [-0.25, -0.2) is 9.18 Å². The van der Waals surface area contributed by atoms with Crippen molar-refractivity contribution in [2.45, 2.75) is 51.0 Å². The van der Waals surface area contributed by atoms with Gasteiger partial charge in [-0.2, -0.15) is 0 Å². The molecule has 0 aromatic heterocycles. The van der Waals surface area contributed by atoms with E-state index in [1.165, 1.54) is 7.11 Å². The largest absolute Gasteiger partial charge is 0.466 e. The molecule has 0 bridgehead atoms. The van der Waals surface area contributed by atoms with Crippen molar-refractivity contribution in [3.8, 4) is 0 Å². The molecule has 0 amide bonds. The molecule has 1 N–H and O–H groups in total. The van der Waals surface area contributed by atoms with Crippen molar-refractivity contribution in [2.75, 3.05) is 7.11 Å². The number of hydrogen-bond donors (Lipinski definition) is 1. The van der Waals surface area contributed by atoms with Gasteiger partial charge < -0.3 is 19.3 Å². The van der Waals surface area contributed by atoms with E-state index in [9.17, 15) is 14.3 Å². The van der Waals surface area contributed by atoms with Crippen LogP contribution < -0.4 is 0 Å². The zero-order valence-corrected chi connectivity index (χ0v) is 10.8. The van der Waals surface area contributed by atoms with Crippen molar-refractivity contribution >= 4 is 5.97 Å². The predicted octanol–water partition coefficient (Wildman–Crippen LogP) is 0.709. The van der Waals surface area contributed by atoms with Crippen molar-refractivity contribution in [1.29, 1.82) is 0 Å². The predicted molar refractivity (Wildman–Crippen MR) is 59.4 cm³/mol. The van der Waals surface area contributed by atoms with Crippen molar-refractivity contribution in [2.24, 2.45) is 0 Å². The molecule has 2 aliphatic rings. The lowest BCUT2D eigenvalue weighted by Crippen LogP contribution is -2.48. The molecule has 1 aliphatic carbocycles. The van der Waals surface area contributed by atoms with Crippen LogP contribution in [0.5, 0.6) is 0 Å². The molecule has 0 spiro atoms. The van der Waals surface area contributed by atoms with E-state index in [0.717, 1.165) is 0 Å². The molecule has 1 heterocycles. The Balaban J connectivity index is 2.42. The van der Waals surface area contributed by atoms with Gasteiger partial charge in [-0.3, -0.25) is 0 Å². The number of halogens is 1. The average Bonchev–Trinajstić information content (AvgIpc) is 2.62. The number of esters is 1. The standard InChI is InChI=1S/C12H17FO5/c1-5-6(11(15)16-4)7(13)8(14)10-9(5)17-12(2,3)18-10/h7-10,14H,1-4H3. The molecule has 0 aromatic carbocycles. The minimum absolute atomic E-state index is 0.174. The molecule has 102 valence electrons. The van der Waals surface area contributed by atoms with Gasteiger partial charge in [0, 0.05) is 0 Å². The Hall–Kier alpha value is -0.980. The van der Waals surface area contributed by atoms with E-state index in [1.807, 2.05) is 0 Å². The van der Waals surface area contributed by atoms with E-state index in [2.05, 4.69) is 4.74 Å². The summed E-state index contributed by atoms with van der Waals surface area (Å²) in [5.41, 5.74) is 0.239. The zero-order valence-electron chi connectivity index (χ0n) is 10.8. The van der Waals surface area contributed by atoms with Gasteiger partial charge in [0.1, 0.15) is 18.3 Å². The van der Waals surface area contributed by atoms with Crippen LogP contribution in [0.4, 0.5) is 4.39 Å². The van der Waals surface area contributed by atoms with E-state index in [1.54, 1.807) is 20.8 Å². The highest BCUT2D eigenvalue weighted by Gasteiger charge is 2.53. The number of rotatable bonds is 1. The lowest BCUT2D eigenvalue weighted by atomic mass is 9.85. The van der Waals surface area contributed by atoms with Crippen molar-refractivity contribution in [1.82, 2.24) is 0 Å². The number of alkyl halides is 1. The second-order valence-electron chi connectivity index (χ2n) is 5.00. The Morgan fingerprint density at radius 1 is 1.44 bits per heavy atom. The quantitative estimate of drug-likeness (QED) is 0.703. The fraction of sp³-hybridized carbons (Fsp3) is 0.750. The Kier molecular flexibility index (Phi) is 3.21. The van der Waals surface area contributed by atoms with Crippen LogP contribution in [0.1, 0.15) is 20.8 Å². The second kappa shape index (κ2) is 4.29. The third kappa shape index (κ3) is 1.94. The first kappa shape index (κ1) is 13.5. The summed E-state index contributed by atoms with van der Waals surface area (Å²) in [7, 11) is 1.17. The SMILES string of the molecule is COC(=O)C1=C(C)C2OC(C)(C)OC2C(O)C1F. The fourth-order valence-corrected chi connectivity index (χ4v) is 2.47. The topological polar surface area (TPSA) is 65.0 Å². The summed E-state index contributed by atoms with van der Waals surface area (Å²) in [6, 6.07) is 0. The lowest BCUT2D eigenvalue weighted by molar-refractivity contribution is -0.156. The molecule has 4 unspecified atom stereocenters. The first-order chi connectivity index (χ1) is 8.28. The summed E-state index contributed by atoms with van der Waals surface area (Å²) in [5, 5.41) is 9.89. The van der Waals surface area contributed by atoms with Crippen molar-refractivity contribution in [3.05, 3.63) is 11.1 Å². The van der Waals surface area contributed by atoms with Gasteiger partial charge in [0.05, 0.1) is 12.7 Å². The van der Waals surface area contributed by atoms with Crippen LogP contribution >= 0.6 is 0 Å². The Morgan fingerprint density at radius 3 is 2.61 bits per heavy atom. The second-order valence-corrected chi connectivity index (χ2v) is 5.00. The molecule has 2 rings (SSSR count). The minimum Gasteiger partial charge on any atom is -0.466 e. The molecule has 18 heavy (non-hydrogen) atoms. The van der Waals surface area contributed by atoms with E-state index < -0.39 is 36.2 Å². The third-order valence-corrected chi connectivity index (χ3v) is 3.30. The van der Waals surface area contributed by atoms with E-state index in [0.29, 0.717) is 5.57 Å². The summed E-state index contributed by atoms with van der Waals surface area (Å²) in [6.45, 7) is 4.94. The zero-order chi connectivity index (χ0) is 13.7. The first-order valence-electron chi connectivity index (χ1n) is 5.75. The molecule has 0 radical (unpaired) electrons. The Labute approximate surface area is 105 Å². The molecule has 6 heteroatoms. The molecular weight excluding hydrogens is 243 g/mol. The first-order valence-corrected chi connectivity index (χ1v) is 5.75. The highest BCUT2D eigenvalue weighted by Crippen LogP contribution is 2.40. The maximum absolute atomic E-state index is 14.1. The van der Waals surface area contributed by atoms with Crippen LogP contribution in [-0.4, -0.2) is 48.5 Å². The molecule has 4 atom stereocenters. The number of fused-ring (bicyclic) bond motifs is 1. The molecule has 0 saturated carbocycles. The molecule has 1 aliphatic heterocycles. The highest BCUT2D eigenvalue weighted by atomic mass is 19.1. The summed E-state index contributed by atoms with van der Waals surface area (Å²) in [4.78, 5) is 11.6. The van der Waals surface area contributed by atoms with Gasteiger partial charge in [0.2, 0.25) is 0 Å². The van der Waals surface area contributed by atoms with Gasteiger partial charge in [0.15, 0.2) is 12.0 Å². The smallest absolute Gasteiger partial charge is 0.336 e. The fourth-order valence-electron chi connectivity index (χ4n) is 2.47. The van der Waals surface area contributed by atoms with Crippen LogP contribution in [0.2, 0.25) is 0 Å². The van der Waals surface area contributed by atoms with Crippen LogP contribution in [0.15, 0.2) is 11.1 Å².